The van der Waals surface area contributed by atoms with Gasteiger partial charge in [0.25, 0.3) is 0 Å². The number of nitrogens with two attached hydrogens (primary N) is 1. The molecule has 1 aromatic rings. The van der Waals surface area contributed by atoms with E-state index in [4.69, 9.17) is 5.73 Å². The molecule has 0 saturated heterocycles. The SMILES string of the molecule is CCCN(CCN)Cc1cccc(C)n1. The molecule has 0 aliphatic heterocycles. The van der Waals surface area contributed by atoms with Gasteiger partial charge in [-0.2, -0.15) is 0 Å². The smallest absolute Gasteiger partial charge is 0.0547 e. The first-order valence-electron chi connectivity index (χ1n) is 5.61. The lowest BCUT2D eigenvalue weighted by Gasteiger charge is -2.20. The molecule has 1 heterocycles. The fourth-order valence-electron chi connectivity index (χ4n) is 1.69. The molecule has 0 amide bonds. The van der Waals surface area contributed by atoms with Gasteiger partial charge in [-0.1, -0.05) is 13.0 Å². The number of rotatable bonds is 6. The Kier molecular flexibility index (Phi) is 5.29. The molecule has 84 valence electrons. The minimum atomic E-state index is 0.714. The normalized spacial score (nSPS) is 10.9. The van der Waals surface area contributed by atoms with Crippen molar-refractivity contribution in [1.29, 1.82) is 0 Å². The molecule has 0 radical (unpaired) electrons. The van der Waals surface area contributed by atoms with E-state index in [1.54, 1.807) is 0 Å². The Labute approximate surface area is 92.3 Å². The Bertz CT molecular complexity index is 280. The van der Waals surface area contributed by atoms with Crippen LogP contribution in [0.15, 0.2) is 18.2 Å². The standard InChI is InChI=1S/C12H21N3/c1-3-8-15(9-7-13)10-12-6-4-5-11(2)14-12/h4-6H,3,7-10,13H2,1-2H3. The molecule has 1 rings (SSSR count). The van der Waals surface area contributed by atoms with E-state index in [9.17, 15) is 0 Å². The number of hydrogen-bond acceptors (Lipinski definition) is 3. The summed E-state index contributed by atoms with van der Waals surface area (Å²) in [5, 5.41) is 0. The molecule has 15 heavy (non-hydrogen) atoms. The maximum Gasteiger partial charge on any atom is 0.0547 e. The van der Waals surface area contributed by atoms with Gasteiger partial charge in [0, 0.05) is 25.3 Å². The van der Waals surface area contributed by atoms with E-state index in [1.165, 1.54) is 0 Å². The summed E-state index contributed by atoms with van der Waals surface area (Å²) in [4.78, 5) is 6.84. The molecule has 3 nitrogen and oxygen atoms in total. The van der Waals surface area contributed by atoms with Crippen molar-refractivity contribution in [3.8, 4) is 0 Å². The molecule has 3 heteroatoms. The zero-order valence-electron chi connectivity index (χ0n) is 9.74. The predicted molar refractivity (Wildman–Crippen MR) is 63.6 cm³/mol. The van der Waals surface area contributed by atoms with Crippen LogP contribution in [0.4, 0.5) is 0 Å². The summed E-state index contributed by atoms with van der Waals surface area (Å²) >= 11 is 0. The van der Waals surface area contributed by atoms with Gasteiger partial charge < -0.3 is 5.73 Å². The first-order valence-corrected chi connectivity index (χ1v) is 5.61. The topological polar surface area (TPSA) is 42.1 Å². The number of aryl methyl sites for hydroxylation is 1. The molecule has 2 N–H and O–H groups in total. The molecule has 0 aliphatic carbocycles. The molecule has 0 atom stereocenters. The first-order chi connectivity index (χ1) is 7.26. The van der Waals surface area contributed by atoms with Crippen molar-refractivity contribution in [2.24, 2.45) is 5.73 Å². The van der Waals surface area contributed by atoms with Crippen molar-refractivity contribution >= 4 is 0 Å². The first kappa shape index (κ1) is 12.1. The summed E-state index contributed by atoms with van der Waals surface area (Å²) in [5.41, 5.74) is 7.80. The molecule has 0 aliphatic rings. The van der Waals surface area contributed by atoms with Gasteiger partial charge in [-0.3, -0.25) is 9.88 Å². The molecule has 1 aromatic heterocycles. The van der Waals surface area contributed by atoms with Crippen LogP contribution >= 0.6 is 0 Å². The van der Waals surface area contributed by atoms with Crippen LogP contribution in [0.1, 0.15) is 24.7 Å². The van der Waals surface area contributed by atoms with E-state index >= 15 is 0 Å². The van der Waals surface area contributed by atoms with Crippen LogP contribution in [0, 0.1) is 6.92 Å². The highest BCUT2D eigenvalue weighted by Gasteiger charge is 2.04. The van der Waals surface area contributed by atoms with Gasteiger partial charge in [0.15, 0.2) is 0 Å². The quantitative estimate of drug-likeness (QED) is 0.769. The second-order valence-electron chi connectivity index (χ2n) is 3.84. The lowest BCUT2D eigenvalue weighted by Crippen LogP contribution is -2.30. The highest BCUT2D eigenvalue weighted by Crippen LogP contribution is 2.03. The molecule has 0 unspecified atom stereocenters. The summed E-state index contributed by atoms with van der Waals surface area (Å²) in [6.45, 7) is 7.87. The molecule has 0 fully saturated rings. The van der Waals surface area contributed by atoms with Crippen molar-refractivity contribution in [2.45, 2.75) is 26.8 Å². The van der Waals surface area contributed by atoms with Crippen molar-refractivity contribution in [2.75, 3.05) is 19.6 Å². The maximum atomic E-state index is 5.58. The Morgan fingerprint density at radius 1 is 1.33 bits per heavy atom. The van der Waals surface area contributed by atoms with Gasteiger partial charge >= 0.3 is 0 Å². The zero-order valence-corrected chi connectivity index (χ0v) is 9.74. The number of hydrogen-bond donors (Lipinski definition) is 1. The number of aromatic nitrogens is 1. The van der Waals surface area contributed by atoms with Crippen LogP contribution in [-0.2, 0) is 6.54 Å². The van der Waals surface area contributed by atoms with Crippen molar-refractivity contribution in [1.82, 2.24) is 9.88 Å². The largest absolute Gasteiger partial charge is 0.329 e. The highest BCUT2D eigenvalue weighted by molar-refractivity contribution is 5.09. The van der Waals surface area contributed by atoms with Crippen LogP contribution in [0.25, 0.3) is 0 Å². The number of pyridine rings is 1. The molecule has 0 aromatic carbocycles. The van der Waals surface area contributed by atoms with Crippen molar-refractivity contribution in [3.63, 3.8) is 0 Å². The maximum absolute atomic E-state index is 5.58. The van der Waals surface area contributed by atoms with Gasteiger partial charge in [0.05, 0.1) is 5.69 Å². The van der Waals surface area contributed by atoms with E-state index in [-0.39, 0.29) is 0 Å². The summed E-state index contributed by atoms with van der Waals surface area (Å²) in [6, 6.07) is 6.16. The van der Waals surface area contributed by atoms with Crippen molar-refractivity contribution < 1.29 is 0 Å². The fraction of sp³-hybridized carbons (Fsp3) is 0.583. The van der Waals surface area contributed by atoms with Crippen LogP contribution in [0.3, 0.4) is 0 Å². The zero-order chi connectivity index (χ0) is 11.1. The minimum absolute atomic E-state index is 0.714. The Balaban J connectivity index is 2.56. The van der Waals surface area contributed by atoms with E-state index in [1.807, 2.05) is 13.0 Å². The van der Waals surface area contributed by atoms with Gasteiger partial charge in [0.2, 0.25) is 0 Å². The summed E-state index contributed by atoms with van der Waals surface area (Å²) in [7, 11) is 0. The summed E-state index contributed by atoms with van der Waals surface area (Å²) in [5.74, 6) is 0. The second-order valence-corrected chi connectivity index (χ2v) is 3.84. The van der Waals surface area contributed by atoms with Crippen LogP contribution in [-0.4, -0.2) is 29.5 Å². The average molecular weight is 207 g/mol. The third-order valence-electron chi connectivity index (χ3n) is 2.32. The van der Waals surface area contributed by atoms with Crippen LogP contribution in [0.2, 0.25) is 0 Å². The summed E-state index contributed by atoms with van der Waals surface area (Å²) in [6.07, 6.45) is 1.16. The Morgan fingerprint density at radius 2 is 2.13 bits per heavy atom. The lowest BCUT2D eigenvalue weighted by atomic mass is 10.3. The molecule has 0 spiro atoms. The van der Waals surface area contributed by atoms with E-state index in [0.717, 1.165) is 37.4 Å². The molecule has 0 saturated carbocycles. The van der Waals surface area contributed by atoms with Gasteiger partial charge in [-0.25, -0.2) is 0 Å². The Morgan fingerprint density at radius 3 is 2.73 bits per heavy atom. The monoisotopic (exact) mass is 207 g/mol. The molecule has 0 bridgehead atoms. The fourth-order valence-corrected chi connectivity index (χ4v) is 1.69. The lowest BCUT2D eigenvalue weighted by molar-refractivity contribution is 0.270. The Hall–Kier alpha value is -0.930. The van der Waals surface area contributed by atoms with Crippen LogP contribution in [0.5, 0.6) is 0 Å². The van der Waals surface area contributed by atoms with Crippen molar-refractivity contribution in [3.05, 3.63) is 29.6 Å². The van der Waals surface area contributed by atoms with Gasteiger partial charge in [-0.05, 0) is 32.0 Å². The van der Waals surface area contributed by atoms with Gasteiger partial charge in [0.1, 0.15) is 0 Å². The van der Waals surface area contributed by atoms with E-state index in [0.29, 0.717) is 6.54 Å². The number of nitrogens with zero attached hydrogens (tertiary/aromatic N) is 2. The van der Waals surface area contributed by atoms with Gasteiger partial charge in [-0.15, -0.1) is 0 Å². The average Bonchev–Trinajstić information content (AvgIpc) is 2.18. The third kappa shape index (κ3) is 4.40. The van der Waals surface area contributed by atoms with E-state index < -0.39 is 0 Å². The highest BCUT2D eigenvalue weighted by atomic mass is 15.1. The predicted octanol–water partition coefficient (Wildman–Crippen LogP) is 1.56. The second kappa shape index (κ2) is 6.53. The molecular weight excluding hydrogens is 186 g/mol. The summed E-state index contributed by atoms with van der Waals surface area (Å²) < 4.78 is 0. The molecular formula is C12H21N3. The third-order valence-corrected chi connectivity index (χ3v) is 2.32. The minimum Gasteiger partial charge on any atom is -0.329 e. The van der Waals surface area contributed by atoms with Crippen LogP contribution < -0.4 is 5.73 Å². The van der Waals surface area contributed by atoms with E-state index in [2.05, 4.69) is 28.9 Å².